The number of benzene rings is 1. The van der Waals surface area contributed by atoms with Crippen LogP contribution in [0.3, 0.4) is 0 Å². The number of hydrogen-bond donors (Lipinski definition) is 1. The summed E-state index contributed by atoms with van der Waals surface area (Å²) in [6.45, 7) is 4.07. The maximum atomic E-state index is 10.2. The van der Waals surface area contributed by atoms with Gasteiger partial charge >= 0.3 is 0 Å². The molecule has 1 N–H and O–H groups in total. The van der Waals surface area contributed by atoms with Crippen molar-refractivity contribution < 1.29 is 9.84 Å². The number of thioether (sulfide) groups is 1. The van der Waals surface area contributed by atoms with Gasteiger partial charge in [0, 0.05) is 17.1 Å². The minimum atomic E-state index is -0.648. The standard InChI is InChI=1S/C18H19N5O2S/c1-12-9-13(2)23-17(20-12)21-22-18(23)26-11-15(24)10-25-16-5-3-14(4-6-16)7-8-19/h3-6,9,15,24H,7,10-11H2,1-2H3/t15-/m1/s1. The summed E-state index contributed by atoms with van der Waals surface area (Å²) in [6, 6.07) is 11.4. The summed E-state index contributed by atoms with van der Waals surface area (Å²) in [5.74, 6) is 1.66. The van der Waals surface area contributed by atoms with Crippen LogP contribution in [0.5, 0.6) is 5.75 Å². The van der Waals surface area contributed by atoms with Crippen LogP contribution < -0.4 is 4.74 Å². The van der Waals surface area contributed by atoms with Crippen molar-refractivity contribution in [1.82, 2.24) is 19.6 Å². The summed E-state index contributed by atoms with van der Waals surface area (Å²) in [4.78, 5) is 4.35. The number of rotatable bonds is 7. The van der Waals surface area contributed by atoms with Crippen LogP contribution in [0.25, 0.3) is 5.78 Å². The number of nitrogens with zero attached hydrogens (tertiary/aromatic N) is 5. The molecule has 0 aliphatic heterocycles. The molecule has 0 aliphatic rings. The molecule has 0 spiro atoms. The number of fused-ring (bicyclic) bond motifs is 1. The lowest BCUT2D eigenvalue weighted by Gasteiger charge is -2.12. The second kappa shape index (κ2) is 8.17. The first-order chi connectivity index (χ1) is 12.6. The lowest BCUT2D eigenvalue weighted by atomic mass is 10.2. The van der Waals surface area contributed by atoms with E-state index in [2.05, 4.69) is 21.3 Å². The Hall–Kier alpha value is -2.63. The molecule has 2 heterocycles. The van der Waals surface area contributed by atoms with Gasteiger partial charge in [0.05, 0.1) is 18.6 Å². The number of aryl methyl sites for hydroxylation is 2. The Morgan fingerprint density at radius 3 is 2.77 bits per heavy atom. The molecular formula is C18H19N5O2S. The van der Waals surface area contributed by atoms with E-state index in [1.54, 1.807) is 12.1 Å². The van der Waals surface area contributed by atoms with E-state index in [4.69, 9.17) is 10.00 Å². The fourth-order valence-corrected chi connectivity index (χ4v) is 3.39. The predicted octanol–water partition coefficient (Wildman–Crippen LogP) is 2.34. The van der Waals surface area contributed by atoms with Gasteiger partial charge in [-0.1, -0.05) is 23.9 Å². The van der Waals surface area contributed by atoms with Crippen molar-refractivity contribution in [3.8, 4) is 11.8 Å². The minimum Gasteiger partial charge on any atom is -0.491 e. The number of aliphatic hydroxyl groups is 1. The van der Waals surface area contributed by atoms with Crippen molar-refractivity contribution in [3.05, 3.63) is 47.3 Å². The third kappa shape index (κ3) is 4.31. The zero-order valence-corrected chi connectivity index (χ0v) is 15.4. The Bertz CT molecular complexity index is 933. The normalized spacial score (nSPS) is 12.1. The van der Waals surface area contributed by atoms with Crippen molar-refractivity contribution in [2.24, 2.45) is 0 Å². The smallest absolute Gasteiger partial charge is 0.256 e. The molecule has 0 fully saturated rings. The molecule has 0 saturated carbocycles. The molecule has 0 bridgehead atoms. The monoisotopic (exact) mass is 369 g/mol. The molecule has 0 saturated heterocycles. The van der Waals surface area contributed by atoms with E-state index in [1.807, 2.05) is 36.4 Å². The van der Waals surface area contributed by atoms with E-state index in [-0.39, 0.29) is 6.61 Å². The van der Waals surface area contributed by atoms with Gasteiger partial charge in [0.15, 0.2) is 5.16 Å². The van der Waals surface area contributed by atoms with Crippen molar-refractivity contribution in [2.45, 2.75) is 31.5 Å². The fourth-order valence-electron chi connectivity index (χ4n) is 2.50. The summed E-state index contributed by atoms with van der Waals surface area (Å²) in [5, 5.41) is 27.8. The zero-order valence-electron chi connectivity index (χ0n) is 14.6. The third-order valence-electron chi connectivity index (χ3n) is 3.72. The maximum Gasteiger partial charge on any atom is 0.256 e. The lowest BCUT2D eigenvalue weighted by molar-refractivity contribution is 0.126. The van der Waals surface area contributed by atoms with E-state index < -0.39 is 6.10 Å². The maximum absolute atomic E-state index is 10.2. The van der Waals surface area contributed by atoms with Crippen LogP contribution in [0.15, 0.2) is 35.5 Å². The molecule has 7 nitrogen and oxygen atoms in total. The second-order valence-electron chi connectivity index (χ2n) is 5.91. The van der Waals surface area contributed by atoms with E-state index >= 15 is 0 Å². The highest BCUT2D eigenvalue weighted by atomic mass is 32.2. The minimum absolute atomic E-state index is 0.178. The van der Waals surface area contributed by atoms with Crippen LogP contribution >= 0.6 is 11.8 Å². The van der Waals surface area contributed by atoms with E-state index in [1.165, 1.54) is 11.8 Å². The summed E-state index contributed by atoms with van der Waals surface area (Å²) in [5.41, 5.74) is 2.84. The van der Waals surface area contributed by atoms with E-state index in [0.717, 1.165) is 17.0 Å². The Kier molecular flexibility index (Phi) is 5.71. The summed E-state index contributed by atoms with van der Waals surface area (Å²) >= 11 is 1.41. The van der Waals surface area contributed by atoms with Crippen molar-refractivity contribution in [1.29, 1.82) is 5.26 Å². The average Bonchev–Trinajstić information content (AvgIpc) is 3.02. The highest BCUT2D eigenvalue weighted by Crippen LogP contribution is 2.20. The summed E-state index contributed by atoms with van der Waals surface area (Å²) < 4.78 is 7.47. The van der Waals surface area contributed by atoms with Gasteiger partial charge in [-0.15, -0.1) is 10.2 Å². The molecule has 1 atom stereocenters. The first-order valence-electron chi connectivity index (χ1n) is 8.15. The molecule has 2 aromatic heterocycles. The fraction of sp³-hybridized carbons (Fsp3) is 0.333. The zero-order chi connectivity index (χ0) is 18.5. The highest BCUT2D eigenvalue weighted by Gasteiger charge is 2.13. The second-order valence-corrected chi connectivity index (χ2v) is 6.90. The van der Waals surface area contributed by atoms with Gasteiger partial charge < -0.3 is 9.84 Å². The molecule has 3 rings (SSSR count). The third-order valence-corrected chi connectivity index (χ3v) is 4.79. The Balaban J connectivity index is 1.54. The van der Waals surface area contributed by atoms with E-state index in [0.29, 0.717) is 28.9 Å². The number of ether oxygens (including phenoxy) is 1. The van der Waals surface area contributed by atoms with E-state index in [9.17, 15) is 5.11 Å². The van der Waals surface area contributed by atoms with Crippen LogP contribution in [0.4, 0.5) is 0 Å². The molecule has 26 heavy (non-hydrogen) atoms. The van der Waals surface area contributed by atoms with Crippen molar-refractivity contribution >= 4 is 17.5 Å². The Morgan fingerprint density at radius 2 is 2.04 bits per heavy atom. The van der Waals surface area contributed by atoms with Crippen LogP contribution in [0, 0.1) is 25.2 Å². The van der Waals surface area contributed by atoms with Gasteiger partial charge in [-0.3, -0.25) is 4.40 Å². The van der Waals surface area contributed by atoms with Crippen LogP contribution in [0.2, 0.25) is 0 Å². The van der Waals surface area contributed by atoms with Crippen LogP contribution in [-0.4, -0.2) is 43.2 Å². The average molecular weight is 369 g/mol. The topological polar surface area (TPSA) is 96.3 Å². The van der Waals surface area contributed by atoms with Crippen LogP contribution in [0.1, 0.15) is 17.0 Å². The van der Waals surface area contributed by atoms with Gasteiger partial charge in [0.2, 0.25) is 0 Å². The largest absolute Gasteiger partial charge is 0.491 e. The van der Waals surface area contributed by atoms with Gasteiger partial charge in [-0.25, -0.2) is 4.98 Å². The molecule has 0 unspecified atom stereocenters. The molecule has 0 radical (unpaired) electrons. The summed E-state index contributed by atoms with van der Waals surface area (Å²) in [6.07, 6.45) is -0.274. The van der Waals surface area contributed by atoms with Crippen molar-refractivity contribution in [2.75, 3.05) is 12.4 Å². The van der Waals surface area contributed by atoms with Gasteiger partial charge in [-0.05, 0) is 37.6 Å². The van der Waals surface area contributed by atoms with Crippen LogP contribution in [-0.2, 0) is 6.42 Å². The lowest BCUT2D eigenvalue weighted by Crippen LogP contribution is -2.20. The number of hydrogen-bond acceptors (Lipinski definition) is 7. The highest BCUT2D eigenvalue weighted by molar-refractivity contribution is 7.99. The van der Waals surface area contributed by atoms with Gasteiger partial charge in [0.1, 0.15) is 12.4 Å². The first kappa shape index (κ1) is 18.2. The molecular weight excluding hydrogens is 350 g/mol. The van der Waals surface area contributed by atoms with Gasteiger partial charge in [-0.2, -0.15) is 5.26 Å². The number of nitriles is 1. The summed E-state index contributed by atoms with van der Waals surface area (Å²) in [7, 11) is 0. The molecule has 0 aliphatic carbocycles. The molecule has 3 aromatic rings. The first-order valence-corrected chi connectivity index (χ1v) is 9.14. The SMILES string of the molecule is Cc1cc(C)n2c(SC[C@H](O)COc3ccc(CC#N)cc3)nnc2n1. The number of aliphatic hydroxyl groups excluding tert-OH is 1. The Labute approximate surface area is 155 Å². The Morgan fingerprint density at radius 1 is 1.27 bits per heavy atom. The molecule has 0 amide bonds. The molecule has 134 valence electrons. The number of aromatic nitrogens is 4. The van der Waals surface area contributed by atoms with Crippen molar-refractivity contribution in [3.63, 3.8) is 0 Å². The quantitative estimate of drug-likeness (QED) is 0.639. The molecule has 8 heteroatoms. The van der Waals surface area contributed by atoms with Gasteiger partial charge in [0.25, 0.3) is 5.78 Å². The predicted molar refractivity (Wildman–Crippen MR) is 98.2 cm³/mol. The molecule has 1 aromatic carbocycles.